The van der Waals surface area contributed by atoms with Crippen LogP contribution in [0.15, 0.2) is 36.5 Å². The predicted molar refractivity (Wildman–Crippen MR) is 79.9 cm³/mol. The van der Waals surface area contributed by atoms with E-state index in [9.17, 15) is 4.79 Å². The number of anilines is 1. The van der Waals surface area contributed by atoms with Crippen molar-refractivity contribution in [1.82, 2.24) is 15.1 Å². The molecule has 0 aliphatic heterocycles. The molecular weight excluding hydrogens is 252 g/mol. The summed E-state index contributed by atoms with van der Waals surface area (Å²) in [5.74, 6) is -0.0519. The average molecular weight is 272 g/mol. The number of carbonyl (C=O) groups excluding carboxylic acids is 1. The van der Waals surface area contributed by atoms with Crippen LogP contribution in [0.2, 0.25) is 0 Å². The lowest BCUT2D eigenvalue weighted by Crippen LogP contribution is -2.25. The van der Waals surface area contributed by atoms with Crippen LogP contribution < -0.4 is 10.6 Å². The van der Waals surface area contributed by atoms with Gasteiger partial charge in [0.15, 0.2) is 0 Å². The Hall–Kier alpha value is -2.30. The van der Waals surface area contributed by atoms with Gasteiger partial charge >= 0.3 is 0 Å². The molecule has 0 unspecified atom stereocenters. The Kier molecular flexibility index (Phi) is 4.76. The van der Waals surface area contributed by atoms with Crippen LogP contribution in [0.3, 0.4) is 0 Å². The summed E-state index contributed by atoms with van der Waals surface area (Å²) in [7, 11) is 1.88. The van der Waals surface area contributed by atoms with Gasteiger partial charge in [-0.1, -0.05) is 0 Å². The molecule has 0 atom stereocenters. The maximum absolute atomic E-state index is 12.0. The fourth-order valence-electron chi connectivity index (χ4n) is 1.95. The molecule has 0 fully saturated rings. The third-order valence-electron chi connectivity index (χ3n) is 2.96. The topological polar surface area (TPSA) is 59.0 Å². The number of rotatable bonds is 6. The Morgan fingerprint density at radius 1 is 1.25 bits per heavy atom. The van der Waals surface area contributed by atoms with E-state index in [0.717, 1.165) is 24.3 Å². The van der Waals surface area contributed by atoms with Crippen LogP contribution in [0, 0.1) is 0 Å². The van der Waals surface area contributed by atoms with Gasteiger partial charge in [0.1, 0.15) is 0 Å². The van der Waals surface area contributed by atoms with E-state index in [4.69, 9.17) is 0 Å². The molecule has 2 aromatic rings. The second-order valence-electron chi connectivity index (χ2n) is 4.59. The van der Waals surface area contributed by atoms with Crippen molar-refractivity contribution >= 4 is 11.6 Å². The van der Waals surface area contributed by atoms with Gasteiger partial charge in [-0.2, -0.15) is 5.10 Å². The molecule has 2 rings (SSSR count). The second kappa shape index (κ2) is 6.75. The smallest absolute Gasteiger partial charge is 0.251 e. The summed E-state index contributed by atoms with van der Waals surface area (Å²) in [5.41, 5.74) is 2.68. The lowest BCUT2D eigenvalue weighted by atomic mass is 10.2. The van der Waals surface area contributed by atoms with E-state index in [1.807, 2.05) is 50.5 Å². The van der Waals surface area contributed by atoms with Gasteiger partial charge in [-0.05, 0) is 37.3 Å². The highest BCUT2D eigenvalue weighted by Gasteiger charge is 2.05. The largest absolute Gasteiger partial charge is 0.385 e. The summed E-state index contributed by atoms with van der Waals surface area (Å²) in [5, 5.41) is 10.4. The van der Waals surface area contributed by atoms with Crippen molar-refractivity contribution < 1.29 is 4.79 Å². The molecule has 5 heteroatoms. The maximum atomic E-state index is 12.0. The Balaban J connectivity index is 1.82. The first-order chi connectivity index (χ1) is 9.69. The predicted octanol–water partition coefficient (Wildman–Crippen LogP) is 1.82. The van der Waals surface area contributed by atoms with Gasteiger partial charge in [-0.15, -0.1) is 0 Å². The van der Waals surface area contributed by atoms with E-state index in [-0.39, 0.29) is 5.91 Å². The van der Waals surface area contributed by atoms with Crippen LogP contribution in [0.4, 0.5) is 5.69 Å². The molecular formula is C15H20N4O. The number of amides is 1. The van der Waals surface area contributed by atoms with Crippen LogP contribution >= 0.6 is 0 Å². The summed E-state index contributed by atoms with van der Waals surface area (Å²) in [6.07, 6.45) is 2.64. The number of hydrogen-bond acceptors (Lipinski definition) is 3. The highest BCUT2D eigenvalue weighted by molar-refractivity contribution is 5.94. The Labute approximate surface area is 119 Å². The van der Waals surface area contributed by atoms with Crippen LogP contribution in [-0.2, 0) is 13.5 Å². The van der Waals surface area contributed by atoms with Crippen molar-refractivity contribution in [2.45, 2.75) is 13.3 Å². The summed E-state index contributed by atoms with van der Waals surface area (Å²) in [6, 6.07) is 9.44. The van der Waals surface area contributed by atoms with Gasteiger partial charge in [-0.25, -0.2) is 0 Å². The van der Waals surface area contributed by atoms with E-state index >= 15 is 0 Å². The normalized spacial score (nSPS) is 10.3. The van der Waals surface area contributed by atoms with Crippen molar-refractivity contribution in [3.63, 3.8) is 0 Å². The van der Waals surface area contributed by atoms with Gasteiger partial charge in [0, 0.05) is 44.0 Å². The molecule has 1 heterocycles. The minimum absolute atomic E-state index is 0.0519. The summed E-state index contributed by atoms with van der Waals surface area (Å²) < 4.78 is 1.76. The first-order valence-electron chi connectivity index (χ1n) is 6.79. The zero-order valence-corrected chi connectivity index (χ0v) is 11.9. The molecule has 0 spiro atoms. The second-order valence-corrected chi connectivity index (χ2v) is 4.59. The lowest BCUT2D eigenvalue weighted by molar-refractivity contribution is 0.0954. The first kappa shape index (κ1) is 14.1. The van der Waals surface area contributed by atoms with E-state index in [1.165, 1.54) is 0 Å². The molecule has 0 radical (unpaired) electrons. The van der Waals surface area contributed by atoms with Gasteiger partial charge in [0.25, 0.3) is 5.91 Å². The van der Waals surface area contributed by atoms with Gasteiger partial charge in [0.2, 0.25) is 0 Å². The van der Waals surface area contributed by atoms with Gasteiger partial charge in [0.05, 0.1) is 5.69 Å². The number of nitrogens with zero attached hydrogens (tertiary/aromatic N) is 2. The van der Waals surface area contributed by atoms with Crippen LogP contribution in [0.25, 0.3) is 0 Å². The Bertz CT molecular complexity index is 560. The zero-order chi connectivity index (χ0) is 14.4. The summed E-state index contributed by atoms with van der Waals surface area (Å²) in [6.45, 7) is 3.50. The minimum atomic E-state index is -0.0519. The number of hydrogen-bond donors (Lipinski definition) is 2. The van der Waals surface area contributed by atoms with E-state index in [2.05, 4.69) is 15.7 Å². The fourth-order valence-corrected chi connectivity index (χ4v) is 1.95. The highest BCUT2D eigenvalue weighted by Crippen LogP contribution is 2.09. The van der Waals surface area contributed by atoms with Crippen molar-refractivity contribution in [3.8, 4) is 0 Å². The number of nitrogens with one attached hydrogen (secondary N) is 2. The van der Waals surface area contributed by atoms with Gasteiger partial charge in [-0.3, -0.25) is 9.48 Å². The Morgan fingerprint density at radius 3 is 2.60 bits per heavy atom. The number of aromatic nitrogens is 2. The summed E-state index contributed by atoms with van der Waals surface area (Å²) in [4.78, 5) is 12.0. The molecule has 20 heavy (non-hydrogen) atoms. The van der Waals surface area contributed by atoms with Crippen LogP contribution in [0.1, 0.15) is 23.0 Å². The molecule has 1 amide bonds. The van der Waals surface area contributed by atoms with Crippen molar-refractivity contribution in [2.24, 2.45) is 7.05 Å². The number of benzene rings is 1. The maximum Gasteiger partial charge on any atom is 0.251 e. The molecule has 0 saturated carbocycles. The SMILES string of the molecule is CCNc1ccc(C(=O)NCCc2ccn(C)n2)cc1. The van der Waals surface area contributed by atoms with Gasteiger partial charge < -0.3 is 10.6 Å². The van der Waals surface area contributed by atoms with E-state index in [0.29, 0.717) is 12.1 Å². The van der Waals surface area contributed by atoms with Crippen LogP contribution in [0.5, 0.6) is 0 Å². The quantitative estimate of drug-likeness (QED) is 0.843. The third-order valence-corrected chi connectivity index (χ3v) is 2.96. The number of aryl methyl sites for hydroxylation is 1. The first-order valence-corrected chi connectivity index (χ1v) is 6.79. The van der Waals surface area contributed by atoms with E-state index < -0.39 is 0 Å². The molecule has 1 aromatic carbocycles. The molecule has 0 bridgehead atoms. The highest BCUT2D eigenvalue weighted by atomic mass is 16.1. The molecule has 1 aromatic heterocycles. The third kappa shape index (κ3) is 3.85. The fraction of sp³-hybridized carbons (Fsp3) is 0.333. The molecule has 5 nitrogen and oxygen atoms in total. The van der Waals surface area contributed by atoms with Crippen molar-refractivity contribution in [3.05, 3.63) is 47.8 Å². The zero-order valence-electron chi connectivity index (χ0n) is 11.9. The van der Waals surface area contributed by atoms with Crippen LogP contribution in [-0.4, -0.2) is 28.8 Å². The monoisotopic (exact) mass is 272 g/mol. The average Bonchev–Trinajstić information content (AvgIpc) is 2.85. The molecule has 0 aliphatic carbocycles. The lowest BCUT2D eigenvalue weighted by Gasteiger charge is -2.06. The molecule has 0 aliphatic rings. The molecule has 2 N–H and O–H groups in total. The Morgan fingerprint density at radius 2 is 2.00 bits per heavy atom. The van der Waals surface area contributed by atoms with Crippen molar-refractivity contribution in [2.75, 3.05) is 18.4 Å². The van der Waals surface area contributed by atoms with Crippen molar-refractivity contribution in [1.29, 1.82) is 0 Å². The standard InChI is InChI=1S/C15H20N4O/c1-3-16-13-6-4-12(5-7-13)15(20)17-10-8-14-9-11-19(2)18-14/h4-7,9,11,16H,3,8,10H2,1-2H3,(H,17,20). The molecule has 0 saturated heterocycles. The summed E-state index contributed by atoms with van der Waals surface area (Å²) >= 11 is 0. The minimum Gasteiger partial charge on any atom is -0.385 e. The molecule has 106 valence electrons. The van der Waals surface area contributed by atoms with E-state index in [1.54, 1.807) is 4.68 Å². The number of carbonyl (C=O) groups is 1.